The van der Waals surface area contributed by atoms with Gasteiger partial charge in [0.25, 0.3) is 0 Å². The van der Waals surface area contributed by atoms with Crippen molar-refractivity contribution in [3.05, 3.63) is 59.9 Å². The Labute approximate surface area is 118 Å². The Kier molecular flexibility index (Phi) is 4.51. The first-order valence-electron chi connectivity index (χ1n) is 6.65. The molecule has 2 rings (SSSR count). The van der Waals surface area contributed by atoms with Crippen LogP contribution < -0.4 is 0 Å². The lowest BCUT2D eigenvalue weighted by atomic mass is 9.97. The van der Waals surface area contributed by atoms with Gasteiger partial charge >= 0.3 is 5.97 Å². The summed E-state index contributed by atoms with van der Waals surface area (Å²) in [7, 11) is 0. The topological polar surface area (TPSA) is 26.3 Å². The van der Waals surface area contributed by atoms with Crippen LogP contribution in [-0.4, -0.2) is 12.6 Å². The fraction of sp³-hybridized carbons (Fsp3) is 0.235. The predicted octanol–water partition coefficient (Wildman–Crippen LogP) is 4.16. The van der Waals surface area contributed by atoms with Crippen molar-refractivity contribution in [1.82, 2.24) is 0 Å². The molecular weight excluding hydrogens is 255 g/mol. The average molecular weight is 272 g/mol. The zero-order valence-corrected chi connectivity index (χ0v) is 11.6. The zero-order valence-electron chi connectivity index (χ0n) is 11.6. The molecular formula is C17H17FO2. The van der Waals surface area contributed by atoms with Crippen molar-refractivity contribution in [2.75, 3.05) is 6.61 Å². The van der Waals surface area contributed by atoms with E-state index in [1.807, 2.05) is 24.3 Å². The van der Waals surface area contributed by atoms with Crippen LogP contribution in [0, 0.1) is 5.82 Å². The van der Waals surface area contributed by atoms with Crippen LogP contribution in [0.1, 0.15) is 25.3 Å². The van der Waals surface area contributed by atoms with E-state index in [1.165, 1.54) is 6.07 Å². The van der Waals surface area contributed by atoms with E-state index in [9.17, 15) is 9.18 Å². The van der Waals surface area contributed by atoms with Gasteiger partial charge in [0.15, 0.2) is 0 Å². The number of rotatable bonds is 4. The van der Waals surface area contributed by atoms with Gasteiger partial charge in [-0.3, -0.25) is 4.79 Å². The SMILES string of the molecule is CCOC(=O)C(C)c1ccc(-c2ccccc2F)cc1. The van der Waals surface area contributed by atoms with Crippen molar-refractivity contribution < 1.29 is 13.9 Å². The van der Waals surface area contributed by atoms with Crippen LogP contribution in [0.15, 0.2) is 48.5 Å². The summed E-state index contributed by atoms with van der Waals surface area (Å²) in [5.41, 5.74) is 2.22. The molecule has 104 valence electrons. The Morgan fingerprint density at radius 2 is 1.80 bits per heavy atom. The number of benzene rings is 2. The first-order valence-corrected chi connectivity index (χ1v) is 6.65. The van der Waals surface area contributed by atoms with Gasteiger partial charge in [-0.05, 0) is 31.0 Å². The van der Waals surface area contributed by atoms with E-state index in [4.69, 9.17) is 4.74 Å². The van der Waals surface area contributed by atoms with Gasteiger partial charge in [0.05, 0.1) is 12.5 Å². The number of halogens is 1. The second-order valence-electron chi connectivity index (χ2n) is 4.58. The van der Waals surface area contributed by atoms with E-state index >= 15 is 0 Å². The average Bonchev–Trinajstić information content (AvgIpc) is 2.47. The van der Waals surface area contributed by atoms with Crippen molar-refractivity contribution >= 4 is 5.97 Å². The van der Waals surface area contributed by atoms with Gasteiger partial charge < -0.3 is 4.74 Å². The number of hydrogen-bond donors (Lipinski definition) is 0. The van der Waals surface area contributed by atoms with Crippen LogP contribution >= 0.6 is 0 Å². The maximum atomic E-state index is 13.7. The summed E-state index contributed by atoms with van der Waals surface area (Å²) in [6.07, 6.45) is 0. The minimum absolute atomic E-state index is 0.244. The largest absolute Gasteiger partial charge is 0.466 e. The quantitative estimate of drug-likeness (QED) is 0.781. The molecule has 0 fully saturated rings. The van der Waals surface area contributed by atoms with E-state index in [1.54, 1.807) is 32.0 Å². The first-order chi connectivity index (χ1) is 9.63. The number of hydrogen-bond acceptors (Lipinski definition) is 2. The molecule has 0 spiro atoms. The van der Waals surface area contributed by atoms with Gasteiger partial charge in [0.1, 0.15) is 5.82 Å². The summed E-state index contributed by atoms with van der Waals surface area (Å²) >= 11 is 0. The lowest BCUT2D eigenvalue weighted by Crippen LogP contribution is -2.12. The van der Waals surface area contributed by atoms with Crippen LogP contribution in [0.4, 0.5) is 4.39 Å². The summed E-state index contributed by atoms with van der Waals surface area (Å²) < 4.78 is 18.7. The van der Waals surface area contributed by atoms with Crippen molar-refractivity contribution in [3.8, 4) is 11.1 Å². The van der Waals surface area contributed by atoms with Crippen molar-refractivity contribution in [1.29, 1.82) is 0 Å². The molecule has 20 heavy (non-hydrogen) atoms. The monoisotopic (exact) mass is 272 g/mol. The highest BCUT2D eigenvalue weighted by Gasteiger charge is 2.16. The maximum absolute atomic E-state index is 13.7. The first kappa shape index (κ1) is 14.3. The lowest BCUT2D eigenvalue weighted by molar-refractivity contribution is -0.144. The second-order valence-corrected chi connectivity index (χ2v) is 4.58. The smallest absolute Gasteiger partial charge is 0.313 e. The Hall–Kier alpha value is -2.16. The summed E-state index contributed by atoms with van der Waals surface area (Å²) in [5.74, 6) is -0.811. The van der Waals surface area contributed by atoms with Gasteiger partial charge in [0.2, 0.25) is 0 Å². The molecule has 0 aliphatic heterocycles. The molecule has 0 aliphatic carbocycles. The van der Waals surface area contributed by atoms with Gasteiger partial charge in [-0.15, -0.1) is 0 Å². The Morgan fingerprint density at radius 1 is 1.15 bits per heavy atom. The molecule has 1 unspecified atom stereocenters. The molecule has 0 aromatic heterocycles. The summed E-state index contributed by atoms with van der Waals surface area (Å²) in [5, 5.41) is 0. The Morgan fingerprint density at radius 3 is 2.40 bits per heavy atom. The van der Waals surface area contributed by atoms with E-state index < -0.39 is 0 Å². The zero-order chi connectivity index (χ0) is 14.5. The molecule has 0 saturated heterocycles. The molecule has 0 radical (unpaired) electrons. The van der Waals surface area contributed by atoms with Crippen LogP contribution in [0.5, 0.6) is 0 Å². The standard InChI is InChI=1S/C17H17FO2/c1-3-20-17(19)12(2)13-8-10-14(11-9-13)15-6-4-5-7-16(15)18/h4-12H,3H2,1-2H3. The third kappa shape index (κ3) is 3.05. The van der Waals surface area contributed by atoms with Crippen LogP contribution in [0.25, 0.3) is 11.1 Å². The van der Waals surface area contributed by atoms with E-state index in [0.29, 0.717) is 12.2 Å². The van der Waals surface area contributed by atoms with Crippen molar-refractivity contribution in [3.63, 3.8) is 0 Å². The summed E-state index contributed by atoms with van der Waals surface area (Å²) in [4.78, 5) is 11.7. The van der Waals surface area contributed by atoms with E-state index in [-0.39, 0.29) is 17.7 Å². The molecule has 2 aromatic carbocycles. The lowest BCUT2D eigenvalue weighted by Gasteiger charge is -2.11. The summed E-state index contributed by atoms with van der Waals surface area (Å²) in [6, 6.07) is 14.0. The molecule has 0 N–H and O–H groups in total. The molecule has 0 bridgehead atoms. The molecule has 1 atom stereocenters. The predicted molar refractivity (Wildman–Crippen MR) is 76.9 cm³/mol. The fourth-order valence-electron chi connectivity index (χ4n) is 2.05. The molecule has 0 amide bonds. The molecule has 0 saturated carbocycles. The molecule has 2 nitrogen and oxygen atoms in total. The molecule has 2 aromatic rings. The number of carbonyl (C=O) groups excluding carboxylic acids is 1. The van der Waals surface area contributed by atoms with Gasteiger partial charge in [-0.2, -0.15) is 0 Å². The molecule has 3 heteroatoms. The highest BCUT2D eigenvalue weighted by atomic mass is 19.1. The number of carbonyl (C=O) groups is 1. The van der Waals surface area contributed by atoms with E-state index in [2.05, 4.69) is 0 Å². The van der Waals surface area contributed by atoms with Gasteiger partial charge in [-0.25, -0.2) is 4.39 Å². The summed E-state index contributed by atoms with van der Waals surface area (Å²) in [6.45, 7) is 3.96. The van der Waals surface area contributed by atoms with Gasteiger partial charge in [-0.1, -0.05) is 42.5 Å². The minimum atomic E-state index is -0.315. The van der Waals surface area contributed by atoms with Crippen molar-refractivity contribution in [2.24, 2.45) is 0 Å². The highest BCUT2D eigenvalue weighted by molar-refractivity contribution is 5.78. The Balaban J connectivity index is 2.23. The third-order valence-electron chi connectivity index (χ3n) is 3.24. The number of esters is 1. The van der Waals surface area contributed by atoms with Crippen molar-refractivity contribution in [2.45, 2.75) is 19.8 Å². The maximum Gasteiger partial charge on any atom is 0.313 e. The highest BCUT2D eigenvalue weighted by Crippen LogP contribution is 2.25. The molecule has 0 heterocycles. The number of ether oxygens (including phenoxy) is 1. The van der Waals surface area contributed by atoms with Gasteiger partial charge in [0, 0.05) is 5.56 Å². The van der Waals surface area contributed by atoms with Crippen LogP contribution in [0.3, 0.4) is 0 Å². The fourth-order valence-corrected chi connectivity index (χ4v) is 2.05. The normalized spacial score (nSPS) is 11.9. The van der Waals surface area contributed by atoms with Crippen LogP contribution in [-0.2, 0) is 9.53 Å². The van der Waals surface area contributed by atoms with E-state index in [0.717, 1.165) is 11.1 Å². The van der Waals surface area contributed by atoms with Crippen LogP contribution in [0.2, 0.25) is 0 Å². The second kappa shape index (κ2) is 6.33. The molecule has 0 aliphatic rings. The minimum Gasteiger partial charge on any atom is -0.466 e. The Bertz CT molecular complexity index is 590. The third-order valence-corrected chi connectivity index (χ3v) is 3.24.